The largest absolute Gasteiger partial charge is 0.341 e. The molecule has 0 saturated carbocycles. The van der Waals surface area contributed by atoms with Crippen molar-refractivity contribution in [3.8, 4) is 0 Å². The summed E-state index contributed by atoms with van der Waals surface area (Å²) in [4.78, 5) is 11.6. The number of aromatic nitrogens is 11. The number of pyridine rings is 2. The fraction of sp³-hybridized carbons (Fsp3) is 0.629. The average molecular weight is 1400 g/mol. The molecule has 11 nitrogen and oxygen atoms in total. The molecule has 0 aliphatic carbocycles. The van der Waals surface area contributed by atoms with Gasteiger partial charge < -0.3 is 4.98 Å². The van der Waals surface area contributed by atoms with E-state index < -0.39 is 0 Å². The van der Waals surface area contributed by atoms with Gasteiger partial charge in [-0.1, -0.05) is 382 Å². The molecule has 8 aromatic rings. The number of nitrogens with zero attached hydrogens (tertiary/aromatic N) is 9. The lowest BCUT2D eigenvalue weighted by atomic mass is 9.87. The summed E-state index contributed by atoms with van der Waals surface area (Å²) in [6, 6.07) is 32.6. The zero-order valence-electron chi connectivity index (χ0n) is 75.9. The van der Waals surface area contributed by atoms with Crippen molar-refractivity contribution in [3.05, 3.63) is 186 Å². The summed E-state index contributed by atoms with van der Waals surface area (Å²) in [5, 5.41) is 31.1. The van der Waals surface area contributed by atoms with Gasteiger partial charge in [-0.25, -0.2) is 0 Å². The van der Waals surface area contributed by atoms with Gasteiger partial charge in [0.1, 0.15) is 0 Å². The lowest BCUT2D eigenvalue weighted by molar-refractivity contribution is 0.558. The minimum Gasteiger partial charge on any atom is -0.341 e. The highest BCUT2D eigenvalue weighted by Crippen LogP contribution is 2.25. The molecule has 2 N–H and O–H groups in total. The number of benzene rings is 1. The molecule has 8 rings (SSSR count). The fourth-order valence-corrected chi connectivity index (χ4v) is 5.94. The standard InChI is InChI=1S/C10H13N3.C10H14.2C9H13N.2C8H12N2.C7H12N2.14C2H6/c1-10(2,3)8-6-7-4-5-11-13-9(7)12-8;1-10(2,3)9-7-5-4-6-8-9;1-9(2,3)8-5-4-6-10-7-8;1-9(2,3)8-6-4-5-7-10-8;1-8(2,3)7-4-5-9-10-6-7;1-8(2,3)7-5-4-6-9-10-7;1-7(2,3)6-4-5-8-9-6;14*1-2/h4-6H,1-3H3,(H,12,13);4-8H,1-3H3;2*4-7H,1-3H3;2*4-6H,1-3H3;4-5H,1-3H3,(H,8,9);14*1-2H3. The summed E-state index contributed by atoms with van der Waals surface area (Å²) in [6.07, 6.45) is 14.3. The lowest BCUT2D eigenvalue weighted by Gasteiger charge is -2.18. The van der Waals surface area contributed by atoms with Gasteiger partial charge in [0.25, 0.3) is 0 Å². The zero-order chi connectivity index (χ0) is 82.4. The van der Waals surface area contributed by atoms with Crippen LogP contribution in [-0.4, -0.2) is 55.7 Å². The smallest absolute Gasteiger partial charge is 0.160 e. The van der Waals surface area contributed by atoms with E-state index in [2.05, 4.69) is 250 Å². The second-order valence-corrected chi connectivity index (χ2v) is 24.8. The van der Waals surface area contributed by atoms with Gasteiger partial charge in [-0.2, -0.15) is 30.6 Å². The molecule has 1 aromatic carbocycles. The zero-order valence-corrected chi connectivity index (χ0v) is 75.9. The van der Waals surface area contributed by atoms with Crippen molar-refractivity contribution >= 4 is 11.0 Å². The van der Waals surface area contributed by atoms with Gasteiger partial charge in [0.15, 0.2) is 5.65 Å². The van der Waals surface area contributed by atoms with Crippen LogP contribution in [0.25, 0.3) is 11.0 Å². The van der Waals surface area contributed by atoms with Gasteiger partial charge >= 0.3 is 0 Å². The molecule has 0 bridgehead atoms. The van der Waals surface area contributed by atoms with Crippen LogP contribution in [0.3, 0.4) is 0 Å². The molecule has 11 heteroatoms. The summed E-state index contributed by atoms with van der Waals surface area (Å²) < 4.78 is 0. The van der Waals surface area contributed by atoms with Crippen LogP contribution in [0.15, 0.2) is 147 Å². The van der Waals surface area contributed by atoms with Gasteiger partial charge in [0, 0.05) is 81.3 Å². The van der Waals surface area contributed by atoms with Crippen LogP contribution in [0.5, 0.6) is 0 Å². The number of nitrogens with one attached hydrogen (secondary N) is 2. The normalized spacial score (nSPS) is 9.25. The molecule has 0 saturated heterocycles. The first-order valence-electron chi connectivity index (χ1n) is 38.9. The van der Waals surface area contributed by atoms with E-state index in [1.165, 1.54) is 28.1 Å². The Labute approximate surface area is 626 Å². The van der Waals surface area contributed by atoms with Crippen LogP contribution in [0.4, 0.5) is 0 Å². The third-order valence-corrected chi connectivity index (χ3v) is 10.8. The Morgan fingerprint density at radius 3 is 0.890 bits per heavy atom. The van der Waals surface area contributed by atoms with E-state index >= 15 is 0 Å². The second-order valence-electron chi connectivity index (χ2n) is 24.8. The maximum atomic E-state index is 4.25. The number of aromatic amines is 2. The quantitative estimate of drug-likeness (QED) is 0.151. The van der Waals surface area contributed by atoms with Crippen molar-refractivity contribution in [2.45, 2.75) is 377 Å². The summed E-state index contributed by atoms with van der Waals surface area (Å²) in [7, 11) is 0. The van der Waals surface area contributed by atoms with E-state index in [-0.39, 0.29) is 32.5 Å². The topological polar surface area (TPSA) is 148 Å². The van der Waals surface area contributed by atoms with E-state index in [1.54, 1.807) is 37.2 Å². The maximum Gasteiger partial charge on any atom is 0.160 e. The number of hydrogen-bond acceptors (Lipinski definition) is 9. The molecule has 0 spiro atoms. The molecule has 7 heterocycles. The van der Waals surface area contributed by atoms with Gasteiger partial charge in [-0.05, 0) is 87.5 Å². The molecule has 584 valence electrons. The highest BCUT2D eigenvalue weighted by atomic mass is 15.1. The summed E-state index contributed by atoms with van der Waals surface area (Å²) in [5.74, 6) is 0. The number of fused-ring (bicyclic) bond motifs is 1. The van der Waals surface area contributed by atoms with E-state index in [0.29, 0.717) is 5.41 Å². The van der Waals surface area contributed by atoms with Gasteiger partial charge in [-0.3, -0.25) is 15.1 Å². The molecule has 0 aliphatic heterocycles. The van der Waals surface area contributed by atoms with Crippen LogP contribution in [0.2, 0.25) is 0 Å². The summed E-state index contributed by atoms with van der Waals surface area (Å²) in [5.41, 5.74) is 10.7. The van der Waals surface area contributed by atoms with Crippen LogP contribution >= 0.6 is 0 Å². The maximum absolute atomic E-state index is 4.25. The average Bonchev–Trinajstić information content (AvgIpc) is 1.68. The third-order valence-electron chi connectivity index (χ3n) is 10.8. The van der Waals surface area contributed by atoms with Crippen molar-refractivity contribution in [2.75, 3.05) is 0 Å². The molecular weight excluding hydrogens is 1220 g/mol. The molecule has 0 atom stereocenters. The van der Waals surface area contributed by atoms with Gasteiger partial charge in [0.2, 0.25) is 0 Å². The Morgan fingerprint density at radius 2 is 0.640 bits per heavy atom. The van der Waals surface area contributed by atoms with Crippen LogP contribution in [-0.2, 0) is 37.9 Å². The first-order valence-corrected chi connectivity index (χ1v) is 38.9. The highest BCUT2D eigenvalue weighted by molar-refractivity contribution is 5.75. The minimum atomic E-state index is 0.119. The molecule has 0 amide bonds. The Kier molecular flexibility index (Phi) is 101. The van der Waals surface area contributed by atoms with Crippen molar-refractivity contribution < 1.29 is 0 Å². The van der Waals surface area contributed by atoms with Crippen molar-refractivity contribution in [1.82, 2.24) is 55.7 Å². The Morgan fingerprint density at radius 1 is 0.260 bits per heavy atom. The molecule has 0 radical (unpaired) electrons. The second kappa shape index (κ2) is 81.5. The van der Waals surface area contributed by atoms with E-state index in [1.807, 2.05) is 255 Å². The van der Waals surface area contributed by atoms with E-state index in [4.69, 9.17) is 0 Å². The predicted molar refractivity (Wildman–Crippen MR) is 461 cm³/mol. The summed E-state index contributed by atoms with van der Waals surface area (Å²) >= 11 is 0. The Hall–Kier alpha value is -6.49. The SMILES string of the molecule is CC.CC.CC.CC.CC.CC.CC.CC.CC.CC.CC.CC.CC.CC.CC(C)(C)c1cc2ccnnc2[nH]1.CC(C)(C)c1ccccc1.CC(C)(C)c1ccccn1.CC(C)(C)c1cccnc1.CC(C)(C)c1cccnn1.CC(C)(C)c1ccn[nH]1.CC(C)(C)c1ccnnc1. The van der Waals surface area contributed by atoms with Crippen LogP contribution < -0.4 is 0 Å². The number of rotatable bonds is 0. The fourth-order valence-electron chi connectivity index (χ4n) is 5.94. The Balaban J connectivity index is -0.0000000758. The molecule has 0 fully saturated rings. The minimum absolute atomic E-state index is 0.119. The van der Waals surface area contributed by atoms with Gasteiger partial charge in [0.05, 0.1) is 18.1 Å². The molecule has 7 aromatic heterocycles. The first-order chi connectivity index (χ1) is 47.2. The van der Waals surface area contributed by atoms with Crippen molar-refractivity contribution in [3.63, 3.8) is 0 Å². The molecule has 0 unspecified atom stereocenters. The predicted octanol–water partition coefficient (Wildman–Crippen LogP) is 29.6. The van der Waals surface area contributed by atoms with Crippen LogP contribution in [0, 0.1) is 0 Å². The first kappa shape index (κ1) is 123. The third kappa shape index (κ3) is 72.8. The monoisotopic (exact) mass is 1400 g/mol. The van der Waals surface area contributed by atoms with Crippen molar-refractivity contribution in [2.24, 2.45) is 0 Å². The molecular formula is C89H173N11. The summed E-state index contributed by atoms with van der Waals surface area (Å²) in [6.45, 7) is 102. The van der Waals surface area contributed by atoms with E-state index in [0.717, 1.165) is 22.4 Å². The van der Waals surface area contributed by atoms with Gasteiger partial charge in [-0.15, -0.1) is 5.10 Å². The molecule has 100 heavy (non-hydrogen) atoms. The Bertz CT molecular complexity index is 2300. The number of H-pyrrole nitrogens is 2. The lowest BCUT2D eigenvalue weighted by Crippen LogP contribution is -2.13. The van der Waals surface area contributed by atoms with Crippen LogP contribution in [0.1, 0.15) is 379 Å². The van der Waals surface area contributed by atoms with E-state index in [9.17, 15) is 0 Å². The number of hydrogen-bond donors (Lipinski definition) is 2. The van der Waals surface area contributed by atoms with Crippen molar-refractivity contribution in [1.29, 1.82) is 0 Å². The molecule has 0 aliphatic rings. The highest BCUT2D eigenvalue weighted by Gasteiger charge is 2.18.